The van der Waals surface area contributed by atoms with Crippen molar-refractivity contribution in [3.05, 3.63) is 63.9 Å². The molecule has 0 unspecified atom stereocenters. The molecule has 1 heterocycles. The molecule has 0 atom stereocenters. The number of ether oxygens (including phenoxy) is 1. The smallest absolute Gasteiger partial charge is 0.260 e. The first-order valence-electron chi connectivity index (χ1n) is 9.07. The van der Waals surface area contributed by atoms with Gasteiger partial charge in [-0.3, -0.25) is 9.59 Å². The molecule has 148 valence electrons. The van der Waals surface area contributed by atoms with Crippen molar-refractivity contribution in [2.24, 2.45) is 0 Å². The van der Waals surface area contributed by atoms with Crippen molar-refractivity contribution in [1.29, 1.82) is 0 Å². The van der Waals surface area contributed by atoms with Gasteiger partial charge in [-0.1, -0.05) is 17.7 Å². The lowest BCUT2D eigenvalue weighted by molar-refractivity contribution is -0.134. The molecule has 2 aromatic carbocycles. The molecule has 28 heavy (non-hydrogen) atoms. The molecule has 0 N–H and O–H groups in total. The van der Waals surface area contributed by atoms with Gasteiger partial charge in [0.1, 0.15) is 11.6 Å². The van der Waals surface area contributed by atoms with Crippen LogP contribution in [0.4, 0.5) is 4.39 Å². The number of aryl methyl sites for hydroxylation is 2. The van der Waals surface area contributed by atoms with Crippen molar-refractivity contribution in [2.75, 3.05) is 32.8 Å². The van der Waals surface area contributed by atoms with Crippen LogP contribution in [0.5, 0.6) is 5.75 Å². The van der Waals surface area contributed by atoms with Crippen LogP contribution in [0.3, 0.4) is 0 Å². The fourth-order valence-corrected chi connectivity index (χ4v) is 3.28. The molecular weight excluding hydrogens is 383 g/mol. The minimum atomic E-state index is -0.485. The lowest BCUT2D eigenvalue weighted by atomic mass is 10.1. The van der Waals surface area contributed by atoms with Gasteiger partial charge < -0.3 is 14.5 Å². The van der Waals surface area contributed by atoms with E-state index in [-0.39, 0.29) is 29.0 Å². The molecule has 0 aliphatic carbocycles. The lowest BCUT2D eigenvalue weighted by Crippen LogP contribution is -2.51. The predicted molar refractivity (Wildman–Crippen MR) is 105 cm³/mol. The molecule has 0 radical (unpaired) electrons. The normalized spacial score (nSPS) is 14.1. The summed E-state index contributed by atoms with van der Waals surface area (Å²) in [5, 5.41) is 0.0882. The van der Waals surface area contributed by atoms with Crippen molar-refractivity contribution in [3.8, 4) is 5.75 Å². The predicted octanol–water partition coefficient (Wildman–Crippen LogP) is 3.46. The number of hydrogen-bond donors (Lipinski definition) is 0. The Morgan fingerprint density at radius 1 is 1.00 bits per heavy atom. The van der Waals surface area contributed by atoms with Crippen molar-refractivity contribution in [3.63, 3.8) is 0 Å². The molecule has 5 nitrogen and oxygen atoms in total. The zero-order chi connectivity index (χ0) is 20.3. The van der Waals surface area contributed by atoms with Crippen LogP contribution < -0.4 is 4.74 Å². The van der Waals surface area contributed by atoms with Gasteiger partial charge in [0.2, 0.25) is 0 Å². The molecule has 1 aliphatic rings. The van der Waals surface area contributed by atoms with E-state index in [4.69, 9.17) is 16.3 Å². The van der Waals surface area contributed by atoms with E-state index < -0.39 is 5.82 Å². The van der Waals surface area contributed by atoms with Crippen LogP contribution in [0.1, 0.15) is 21.5 Å². The monoisotopic (exact) mass is 404 g/mol. The molecular formula is C21H22ClFN2O3. The van der Waals surface area contributed by atoms with Crippen LogP contribution in [0.15, 0.2) is 36.4 Å². The summed E-state index contributed by atoms with van der Waals surface area (Å²) in [7, 11) is 0. The van der Waals surface area contributed by atoms with Gasteiger partial charge in [0.15, 0.2) is 6.61 Å². The average molecular weight is 405 g/mol. The van der Waals surface area contributed by atoms with Crippen molar-refractivity contribution in [1.82, 2.24) is 9.80 Å². The average Bonchev–Trinajstić information content (AvgIpc) is 2.68. The topological polar surface area (TPSA) is 49.9 Å². The highest BCUT2D eigenvalue weighted by atomic mass is 35.5. The number of amides is 2. The number of carbonyl (C=O) groups excluding carboxylic acids is 2. The Balaban J connectivity index is 1.52. The summed E-state index contributed by atoms with van der Waals surface area (Å²) >= 11 is 5.97. The SMILES string of the molecule is Cc1ccc(OCC(=O)N2CCN(C(=O)c3ccc(F)cc3Cl)CC2)cc1C. The maximum Gasteiger partial charge on any atom is 0.260 e. The van der Waals surface area contributed by atoms with Gasteiger partial charge in [-0.05, 0) is 55.3 Å². The molecule has 0 saturated carbocycles. The largest absolute Gasteiger partial charge is 0.484 e. The van der Waals surface area contributed by atoms with Gasteiger partial charge in [0.25, 0.3) is 11.8 Å². The molecule has 3 rings (SSSR count). The van der Waals surface area contributed by atoms with E-state index in [0.29, 0.717) is 31.9 Å². The number of carbonyl (C=O) groups is 2. The fourth-order valence-electron chi connectivity index (χ4n) is 3.03. The van der Waals surface area contributed by atoms with Gasteiger partial charge in [-0.2, -0.15) is 0 Å². The van der Waals surface area contributed by atoms with Gasteiger partial charge in [-0.25, -0.2) is 4.39 Å². The van der Waals surface area contributed by atoms with E-state index in [9.17, 15) is 14.0 Å². The Morgan fingerprint density at radius 3 is 2.32 bits per heavy atom. The molecule has 1 fully saturated rings. The number of nitrogens with zero attached hydrogens (tertiary/aromatic N) is 2. The zero-order valence-corrected chi connectivity index (χ0v) is 16.6. The van der Waals surface area contributed by atoms with Crippen LogP contribution in [0, 0.1) is 19.7 Å². The number of rotatable bonds is 4. The number of halogens is 2. The highest BCUT2D eigenvalue weighted by Gasteiger charge is 2.26. The van der Waals surface area contributed by atoms with Crippen LogP contribution in [0.2, 0.25) is 5.02 Å². The Morgan fingerprint density at radius 2 is 1.68 bits per heavy atom. The number of piperazine rings is 1. The van der Waals surface area contributed by atoms with Crippen LogP contribution in [-0.4, -0.2) is 54.4 Å². The summed E-state index contributed by atoms with van der Waals surface area (Å²) in [5.74, 6) is -0.203. The van der Waals surface area contributed by atoms with E-state index in [2.05, 4.69) is 0 Å². The Hall–Kier alpha value is -2.60. The summed E-state index contributed by atoms with van der Waals surface area (Å²) in [6, 6.07) is 9.43. The second-order valence-electron chi connectivity index (χ2n) is 6.83. The van der Waals surface area contributed by atoms with Gasteiger partial charge in [0, 0.05) is 26.2 Å². The lowest BCUT2D eigenvalue weighted by Gasteiger charge is -2.34. The molecule has 0 aromatic heterocycles. The first-order chi connectivity index (χ1) is 13.3. The van der Waals surface area contributed by atoms with Crippen molar-refractivity contribution < 1.29 is 18.7 Å². The highest BCUT2D eigenvalue weighted by molar-refractivity contribution is 6.33. The molecule has 0 bridgehead atoms. The standard InChI is InChI=1S/C21H22ClFN2O3/c1-14-3-5-17(11-15(14)2)28-13-20(26)24-7-9-25(10-8-24)21(27)18-6-4-16(23)12-19(18)22/h3-6,11-12H,7-10,13H2,1-2H3. The summed E-state index contributed by atoms with van der Waals surface area (Å²) in [4.78, 5) is 28.3. The van der Waals surface area contributed by atoms with E-state index in [1.165, 1.54) is 17.7 Å². The molecule has 2 aromatic rings. The second kappa shape index (κ2) is 8.61. The fraction of sp³-hybridized carbons (Fsp3) is 0.333. The van der Waals surface area contributed by atoms with Crippen molar-refractivity contribution >= 4 is 23.4 Å². The van der Waals surface area contributed by atoms with Gasteiger partial charge in [0.05, 0.1) is 10.6 Å². The summed E-state index contributed by atoms with van der Waals surface area (Å²) < 4.78 is 18.8. The third-order valence-electron chi connectivity index (χ3n) is 4.92. The number of benzene rings is 2. The Bertz CT molecular complexity index is 895. The first-order valence-corrected chi connectivity index (χ1v) is 9.45. The molecule has 7 heteroatoms. The molecule has 1 saturated heterocycles. The first kappa shape index (κ1) is 20.1. The Labute approximate surface area is 168 Å². The van der Waals surface area contributed by atoms with Crippen LogP contribution in [0.25, 0.3) is 0 Å². The third-order valence-corrected chi connectivity index (χ3v) is 5.23. The molecule has 0 spiro atoms. The zero-order valence-electron chi connectivity index (χ0n) is 15.9. The van der Waals surface area contributed by atoms with Gasteiger partial charge >= 0.3 is 0 Å². The summed E-state index contributed by atoms with van der Waals surface area (Å²) in [6.07, 6.45) is 0. The third kappa shape index (κ3) is 4.62. The Kier molecular flexibility index (Phi) is 6.19. The number of hydrogen-bond acceptors (Lipinski definition) is 3. The summed E-state index contributed by atoms with van der Waals surface area (Å²) in [6.45, 7) is 5.58. The minimum absolute atomic E-state index is 0.0414. The summed E-state index contributed by atoms with van der Waals surface area (Å²) in [5.41, 5.74) is 2.54. The molecule has 2 amide bonds. The van der Waals surface area contributed by atoms with Crippen LogP contribution >= 0.6 is 11.6 Å². The van der Waals surface area contributed by atoms with E-state index in [0.717, 1.165) is 11.6 Å². The van der Waals surface area contributed by atoms with Gasteiger partial charge in [-0.15, -0.1) is 0 Å². The van der Waals surface area contributed by atoms with E-state index in [1.54, 1.807) is 9.80 Å². The molecule has 1 aliphatic heterocycles. The maximum atomic E-state index is 13.2. The minimum Gasteiger partial charge on any atom is -0.484 e. The quantitative estimate of drug-likeness (QED) is 0.784. The van der Waals surface area contributed by atoms with E-state index >= 15 is 0 Å². The van der Waals surface area contributed by atoms with E-state index in [1.807, 2.05) is 32.0 Å². The maximum absolute atomic E-state index is 13.2. The highest BCUT2D eigenvalue weighted by Crippen LogP contribution is 2.20. The second-order valence-corrected chi connectivity index (χ2v) is 7.24. The van der Waals surface area contributed by atoms with Crippen molar-refractivity contribution in [2.45, 2.75) is 13.8 Å². The van der Waals surface area contributed by atoms with Crippen LogP contribution in [-0.2, 0) is 4.79 Å².